The number of carbonyl (C=O) groups is 1. The van der Waals surface area contributed by atoms with Crippen LogP contribution in [0.1, 0.15) is 28.6 Å². The van der Waals surface area contributed by atoms with Gasteiger partial charge in [0.2, 0.25) is 0 Å². The number of quaternary nitrogens is 1. The van der Waals surface area contributed by atoms with Gasteiger partial charge in [-0.05, 0) is 10.8 Å². The lowest BCUT2D eigenvalue weighted by Gasteiger charge is -2.24. The van der Waals surface area contributed by atoms with E-state index in [2.05, 4.69) is 12.3 Å². The van der Waals surface area contributed by atoms with Crippen molar-refractivity contribution in [2.75, 3.05) is 0 Å². The van der Waals surface area contributed by atoms with Gasteiger partial charge in [-0.15, -0.1) is 29.7 Å². The van der Waals surface area contributed by atoms with Gasteiger partial charge in [0.25, 0.3) is 0 Å². The second-order valence-corrected chi connectivity index (χ2v) is 6.58. The van der Waals surface area contributed by atoms with Gasteiger partial charge < -0.3 is 20.9 Å². The lowest BCUT2D eigenvalue weighted by Crippen LogP contribution is -2.65. The zero-order valence-electron chi connectivity index (χ0n) is 14.0. The number of carboxylic acid groups (broad SMARTS) is 1. The van der Waals surface area contributed by atoms with E-state index in [1.54, 1.807) is 13.0 Å². The number of allylic oxidation sites excluding steroid dienone is 4. The van der Waals surface area contributed by atoms with Gasteiger partial charge in [0.1, 0.15) is 0 Å². The lowest BCUT2D eigenvalue weighted by molar-refractivity contribution is -0.410. The first-order valence-corrected chi connectivity index (χ1v) is 7.80. The predicted octanol–water partition coefficient (Wildman–Crippen LogP) is 0.151. The highest BCUT2D eigenvalue weighted by Crippen LogP contribution is 2.24. The Morgan fingerprint density at radius 1 is 1.55 bits per heavy atom. The van der Waals surface area contributed by atoms with Crippen LogP contribution < -0.4 is 5.73 Å². The number of aliphatic carboxylic acids is 1. The summed E-state index contributed by atoms with van der Waals surface area (Å²) in [6.07, 6.45) is 5.21. The first kappa shape index (κ1) is 22.7. The Balaban J connectivity index is -0.000000332. The van der Waals surface area contributed by atoms with Crippen molar-refractivity contribution in [2.45, 2.75) is 33.2 Å². The van der Waals surface area contributed by atoms with Crippen molar-refractivity contribution in [3.8, 4) is 0 Å². The monoisotopic (exact) mass is 335 g/mol. The molecule has 0 unspecified atom stereocenters. The Kier molecular flexibility index (Phi) is 9.70. The number of carboxylic acids is 1. The van der Waals surface area contributed by atoms with Crippen LogP contribution >= 0.6 is 0 Å². The summed E-state index contributed by atoms with van der Waals surface area (Å²) >= 11 is 0. The Hall–Kier alpha value is -1.61. The number of hydrogen-bond donors (Lipinski definition) is 2. The van der Waals surface area contributed by atoms with Crippen LogP contribution in [-0.2, 0) is 14.9 Å². The summed E-state index contributed by atoms with van der Waals surface area (Å²) in [5, 5.41) is 8.37. The van der Waals surface area contributed by atoms with Crippen molar-refractivity contribution >= 4 is 16.1 Å². The quantitative estimate of drug-likeness (QED) is 0.553. The molecule has 0 saturated heterocycles. The van der Waals surface area contributed by atoms with Crippen molar-refractivity contribution < 1.29 is 35.5 Å². The van der Waals surface area contributed by atoms with E-state index in [0.29, 0.717) is 12.3 Å². The molecule has 0 radical (unpaired) electrons. The van der Waals surface area contributed by atoms with E-state index < -0.39 is 22.1 Å². The first-order valence-electron chi connectivity index (χ1n) is 6.39. The third-order valence-electron chi connectivity index (χ3n) is 2.60. The number of rotatable bonds is 4. The van der Waals surface area contributed by atoms with E-state index in [1.165, 1.54) is 12.5 Å². The molecule has 0 aliphatic heterocycles. The maximum Gasteiger partial charge on any atom is 1.00 e. The van der Waals surface area contributed by atoms with Gasteiger partial charge in [-0.1, -0.05) is 20.8 Å². The third kappa shape index (κ3) is 8.63. The second kappa shape index (κ2) is 9.42. The highest BCUT2D eigenvalue weighted by atomic mass is 32.2. The SMILES string of the molecule is C=C1[CH-]C=C(C)C=C1S(=O)(=O)[O-].CC(C)C[C@H]([NH3+])C(=O)O.O.[H+]. The average molecular weight is 335 g/mol. The standard InChI is InChI=1S/C8H9O3S.C6H13NO2.H2O/c1-6-3-4-7(2)8(5-6)12(9,10)11;1-4(2)3-5(7)6(8)9;/h3-5H,2H2,1H3,(H,9,10,11);4-5H,3,7H2,1-2H3,(H,8,9);1H2/q-1;;/p+1/t;5-;/m.0./s1. The summed E-state index contributed by atoms with van der Waals surface area (Å²) in [5.74, 6) is -0.382. The molecule has 0 heterocycles. The molecule has 6 N–H and O–H groups in total. The molecule has 0 amide bonds. The topological polar surface area (TPSA) is 154 Å². The molecule has 1 atom stereocenters. The van der Waals surface area contributed by atoms with Crippen LogP contribution in [0.3, 0.4) is 0 Å². The highest BCUT2D eigenvalue weighted by molar-refractivity contribution is 7.90. The van der Waals surface area contributed by atoms with Gasteiger partial charge in [-0.25, -0.2) is 13.2 Å². The molecule has 0 aromatic rings. The Morgan fingerprint density at radius 3 is 2.32 bits per heavy atom. The molecule has 0 saturated carbocycles. The molecular formula is C14H25NO6S. The summed E-state index contributed by atoms with van der Waals surface area (Å²) in [6.45, 7) is 9.14. The van der Waals surface area contributed by atoms with E-state index in [1.807, 2.05) is 13.8 Å². The van der Waals surface area contributed by atoms with Crippen LogP contribution in [0.4, 0.5) is 0 Å². The summed E-state index contributed by atoms with van der Waals surface area (Å²) in [5.41, 5.74) is 4.46. The Labute approximate surface area is 132 Å². The van der Waals surface area contributed by atoms with Gasteiger partial charge in [0.15, 0.2) is 6.04 Å². The van der Waals surface area contributed by atoms with Gasteiger partial charge in [0, 0.05) is 6.42 Å². The second-order valence-electron chi connectivity index (χ2n) is 5.23. The van der Waals surface area contributed by atoms with E-state index in [4.69, 9.17) is 5.11 Å². The molecule has 128 valence electrons. The fourth-order valence-corrected chi connectivity index (χ4v) is 2.28. The minimum Gasteiger partial charge on any atom is -0.752 e. The molecular weight excluding hydrogens is 310 g/mol. The van der Waals surface area contributed by atoms with Gasteiger partial charge in [-0.3, -0.25) is 0 Å². The van der Waals surface area contributed by atoms with Crippen LogP contribution in [0.25, 0.3) is 0 Å². The lowest BCUT2D eigenvalue weighted by atomic mass is 10.1. The smallest absolute Gasteiger partial charge is 0.752 e. The summed E-state index contributed by atoms with van der Waals surface area (Å²) < 4.78 is 31.8. The molecule has 0 spiro atoms. The van der Waals surface area contributed by atoms with Crippen molar-refractivity contribution in [1.82, 2.24) is 0 Å². The van der Waals surface area contributed by atoms with Gasteiger partial charge >= 0.3 is 7.40 Å². The Morgan fingerprint density at radius 2 is 2.05 bits per heavy atom. The summed E-state index contributed by atoms with van der Waals surface area (Å²) in [4.78, 5) is 9.94. The van der Waals surface area contributed by atoms with E-state index in [-0.39, 0.29) is 17.4 Å². The predicted molar refractivity (Wildman–Crippen MR) is 83.5 cm³/mol. The first-order chi connectivity index (χ1) is 9.45. The Bertz CT molecular complexity index is 566. The van der Waals surface area contributed by atoms with Crippen molar-refractivity contribution in [2.24, 2.45) is 5.92 Å². The largest absolute Gasteiger partial charge is 1.00 e. The molecule has 22 heavy (non-hydrogen) atoms. The van der Waals surface area contributed by atoms with Crippen LogP contribution in [0, 0.1) is 12.3 Å². The molecule has 0 aromatic heterocycles. The zero-order valence-corrected chi connectivity index (χ0v) is 13.8. The molecule has 0 bridgehead atoms. The molecule has 1 aliphatic carbocycles. The maximum absolute atomic E-state index is 10.6. The highest BCUT2D eigenvalue weighted by Gasteiger charge is 2.16. The molecule has 7 nitrogen and oxygen atoms in total. The van der Waals surface area contributed by atoms with E-state index in [0.717, 1.165) is 5.57 Å². The molecule has 0 fully saturated rings. The number of hydrogen-bond acceptors (Lipinski definition) is 4. The third-order valence-corrected chi connectivity index (χ3v) is 3.52. The van der Waals surface area contributed by atoms with Crippen molar-refractivity contribution in [3.63, 3.8) is 0 Å². The van der Waals surface area contributed by atoms with Gasteiger partial charge in [-0.2, -0.15) is 6.58 Å². The van der Waals surface area contributed by atoms with Crippen LogP contribution in [0.2, 0.25) is 0 Å². The molecule has 0 aromatic carbocycles. The maximum atomic E-state index is 10.6. The minimum absolute atomic E-state index is 0. The average Bonchev–Trinajstić information content (AvgIpc) is 2.30. The van der Waals surface area contributed by atoms with Crippen molar-refractivity contribution in [3.05, 3.63) is 41.2 Å². The fraction of sp³-hybridized carbons (Fsp3) is 0.429. The fourth-order valence-electron chi connectivity index (χ4n) is 1.56. The summed E-state index contributed by atoms with van der Waals surface area (Å²) in [7, 11) is -4.37. The van der Waals surface area contributed by atoms with E-state index >= 15 is 0 Å². The molecule has 1 aliphatic rings. The molecule has 8 heteroatoms. The van der Waals surface area contributed by atoms with Crippen LogP contribution in [0.15, 0.2) is 34.8 Å². The summed E-state index contributed by atoms with van der Waals surface area (Å²) in [6, 6.07) is -0.440. The molecule has 1 rings (SSSR count). The van der Waals surface area contributed by atoms with Crippen LogP contribution in [-0.4, -0.2) is 35.6 Å². The normalized spacial score (nSPS) is 15.5. The van der Waals surface area contributed by atoms with Gasteiger partial charge in [0.05, 0.1) is 10.1 Å². The minimum atomic E-state index is -4.37. The van der Waals surface area contributed by atoms with Crippen molar-refractivity contribution in [1.29, 1.82) is 0 Å². The van der Waals surface area contributed by atoms with Crippen LogP contribution in [0.5, 0.6) is 0 Å². The van der Waals surface area contributed by atoms with E-state index in [9.17, 15) is 17.8 Å². The zero-order chi connectivity index (χ0) is 16.8.